The zero-order chi connectivity index (χ0) is 24.0. The molecule has 7 nitrogen and oxygen atoms in total. The highest BCUT2D eigenvalue weighted by molar-refractivity contribution is 7.80. The molecular formula is C22H17F3N6OS. The van der Waals surface area contributed by atoms with Gasteiger partial charge in [0.1, 0.15) is 17.7 Å². The van der Waals surface area contributed by atoms with Crippen molar-refractivity contribution in [3.8, 4) is 11.9 Å². The Hall–Kier alpha value is -3.78. The van der Waals surface area contributed by atoms with Gasteiger partial charge in [-0.25, -0.2) is 9.97 Å². The Labute approximate surface area is 192 Å². The van der Waals surface area contributed by atoms with Crippen molar-refractivity contribution < 1.29 is 18.0 Å². The first-order valence-electron chi connectivity index (χ1n) is 9.75. The molecule has 4 rings (SSSR count). The van der Waals surface area contributed by atoms with Gasteiger partial charge in [0.2, 0.25) is 0 Å². The van der Waals surface area contributed by atoms with E-state index in [4.69, 9.17) is 17.5 Å². The summed E-state index contributed by atoms with van der Waals surface area (Å²) in [5, 5.41) is 9.11. The third-order valence-corrected chi connectivity index (χ3v) is 5.83. The van der Waals surface area contributed by atoms with Gasteiger partial charge in [0, 0.05) is 25.1 Å². The van der Waals surface area contributed by atoms with E-state index in [1.807, 2.05) is 6.07 Å². The molecule has 3 aromatic rings. The predicted molar refractivity (Wildman–Crippen MR) is 117 cm³/mol. The number of pyridine rings is 1. The van der Waals surface area contributed by atoms with Gasteiger partial charge in [-0.15, -0.1) is 0 Å². The van der Waals surface area contributed by atoms with Gasteiger partial charge in [-0.05, 0) is 55.9 Å². The van der Waals surface area contributed by atoms with Gasteiger partial charge >= 0.3 is 6.18 Å². The number of benzene rings is 1. The minimum Gasteiger partial charge on any atom is -0.330 e. The SMILES string of the molecule is CC1(C)C(=O)N(c2ccc(C#N)c(C(F)(F)F)c2)C(=S)N1Cc1ccc(-n2ccnc2)nc1. The Bertz CT molecular complexity index is 1260. The molecule has 168 valence electrons. The van der Waals surface area contributed by atoms with Crippen LogP contribution in [0.2, 0.25) is 0 Å². The summed E-state index contributed by atoms with van der Waals surface area (Å²) in [7, 11) is 0. The minimum atomic E-state index is -4.75. The molecule has 0 radical (unpaired) electrons. The number of amides is 1. The highest BCUT2D eigenvalue weighted by Gasteiger charge is 2.49. The summed E-state index contributed by atoms with van der Waals surface area (Å²) in [6.07, 6.45) is 1.90. The van der Waals surface area contributed by atoms with Crippen molar-refractivity contribution >= 4 is 28.9 Å². The van der Waals surface area contributed by atoms with Crippen LogP contribution < -0.4 is 4.90 Å². The van der Waals surface area contributed by atoms with Gasteiger partial charge in [-0.1, -0.05) is 6.07 Å². The van der Waals surface area contributed by atoms with Gasteiger partial charge in [0.25, 0.3) is 5.91 Å². The number of carbonyl (C=O) groups is 1. The first-order chi connectivity index (χ1) is 15.5. The number of imidazole rings is 1. The lowest BCUT2D eigenvalue weighted by Crippen LogP contribution is -2.43. The van der Waals surface area contributed by atoms with Crippen molar-refractivity contribution in [1.29, 1.82) is 5.26 Å². The maximum atomic E-state index is 13.4. The summed E-state index contributed by atoms with van der Waals surface area (Å²) in [5.41, 5.74) is -2.02. The van der Waals surface area contributed by atoms with E-state index < -0.39 is 28.7 Å². The Morgan fingerprint density at radius 2 is 1.97 bits per heavy atom. The molecule has 1 aromatic carbocycles. The van der Waals surface area contributed by atoms with Gasteiger partial charge in [-0.3, -0.25) is 14.3 Å². The second kappa shape index (κ2) is 7.97. The monoisotopic (exact) mass is 470 g/mol. The molecule has 0 spiro atoms. The molecule has 1 saturated heterocycles. The Morgan fingerprint density at radius 3 is 2.55 bits per heavy atom. The highest BCUT2D eigenvalue weighted by atomic mass is 32.1. The number of hydrogen-bond acceptors (Lipinski definition) is 5. The second-order valence-electron chi connectivity index (χ2n) is 7.90. The summed E-state index contributed by atoms with van der Waals surface area (Å²) in [4.78, 5) is 24.3. The fourth-order valence-electron chi connectivity index (χ4n) is 3.57. The van der Waals surface area contributed by atoms with E-state index in [2.05, 4.69) is 9.97 Å². The van der Waals surface area contributed by atoms with Gasteiger partial charge in [0.05, 0.1) is 22.9 Å². The summed E-state index contributed by atoms with van der Waals surface area (Å²) < 4.78 is 42.0. The van der Waals surface area contributed by atoms with Crippen LogP contribution in [0.4, 0.5) is 18.9 Å². The second-order valence-corrected chi connectivity index (χ2v) is 8.27. The minimum absolute atomic E-state index is 0.0412. The quantitative estimate of drug-likeness (QED) is 0.535. The molecule has 1 aliphatic rings. The van der Waals surface area contributed by atoms with E-state index in [1.54, 1.807) is 54.3 Å². The van der Waals surface area contributed by atoms with E-state index in [0.29, 0.717) is 5.82 Å². The van der Waals surface area contributed by atoms with Crippen molar-refractivity contribution in [1.82, 2.24) is 19.4 Å². The molecule has 0 atom stereocenters. The lowest BCUT2D eigenvalue weighted by atomic mass is 10.0. The van der Waals surface area contributed by atoms with Crippen LogP contribution in [-0.2, 0) is 17.5 Å². The van der Waals surface area contributed by atoms with Crippen LogP contribution in [0.15, 0.2) is 55.2 Å². The van der Waals surface area contributed by atoms with E-state index in [-0.39, 0.29) is 17.3 Å². The highest BCUT2D eigenvalue weighted by Crippen LogP contribution is 2.38. The topological polar surface area (TPSA) is 78.0 Å². The third-order valence-electron chi connectivity index (χ3n) is 5.43. The lowest BCUT2D eigenvalue weighted by molar-refractivity contribution is -0.137. The standard InChI is InChI=1S/C22H17F3N6OS/c1-21(2)19(32)31(16-5-4-15(10-26)17(9-16)22(23,24)25)20(33)30(21)12-14-3-6-18(28-11-14)29-8-7-27-13-29/h3-9,11,13H,12H2,1-2H3. The largest absolute Gasteiger partial charge is 0.417 e. The number of nitriles is 1. The molecule has 3 heterocycles. The number of rotatable bonds is 4. The smallest absolute Gasteiger partial charge is 0.330 e. The molecule has 11 heteroatoms. The average molecular weight is 470 g/mol. The van der Waals surface area contributed by atoms with Crippen molar-refractivity contribution in [2.24, 2.45) is 0 Å². The molecule has 1 amide bonds. The maximum absolute atomic E-state index is 13.4. The number of anilines is 1. The zero-order valence-corrected chi connectivity index (χ0v) is 18.4. The fourth-order valence-corrected chi connectivity index (χ4v) is 4.05. The molecular weight excluding hydrogens is 453 g/mol. The molecule has 2 aromatic heterocycles. The van der Waals surface area contributed by atoms with Crippen LogP contribution in [0.3, 0.4) is 0 Å². The molecule has 1 aliphatic heterocycles. The first kappa shape index (κ1) is 22.4. The Kier molecular flexibility index (Phi) is 5.41. The summed E-state index contributed by atoms with van der Waals surface area (Å²) in [6.45, 7) is 3.54. The van der Waals surface area contributed by atoms with Gasteiger partial charge in [-0.2, -0.15) is 18.4 Å². The van der Waals surface area contributed by atoms with Gasteiger partial charge < -0.3 is 4.90 Å². The summed E-state index contributed by atoms with van der Waals surface area (Å²) in [6, 6.07) is 8.27. The van der Waals surface area contributed by atoms with E-state index in [1.165, 1.54) is 12.1 Å². The fraction of sp³-hybridized carbons (Fsp3) is 0.227. The number of aromatic nitrogens is 3. The number of carbonyl (C=O) groups excluding carboxylic acids is 1. The van der Waals surface area contributed by atoms with Crippen molar-refractivity contribution in [2.45, 2.75) is 32.1 Å². The molecule has 33 heavy (non-hydrogen) atoms. The molecule has 0 unspecified atom stereocenters. The van der Waals surface area contributed by atoms with Gasteiger partial charge in [0.15, 0.2) is 5.11 Å². The van der Waals surface area contributed by atoms with Crippen LogP contribution in [0.1, 0.15) is 30.5 Å². The van der Waals surface area contributed by atoms with E-state index >= 15 is 0 Å². The molecule has 1 fully saturated rings. The van der Waals surface area contributed by atoms with Crippen molar-refractivity contribution in [2.75, 3.05) is 4.90 Å². The number of alkyl halides is 3. The van der Waals surface area contributed by atoms with Crippen LogP contribution >= 0.6 is 12.2 Å². The van der Waals surface area contributed by atoms with Crippen LogP contribution in [0.5, 0.6) is 0 Å². The lowest BCUT2D eigenvalue weighted by Gasteiger charge is -2.29. The maximum Gasteiger partial charge on any atom is 0.417 e. The average Bonchev–Trinajstić information content (AvgIpc) is 3.36. The predicted octanol–water partition coefficient (Wildman–Crippen LogP) is 4.07. The van der Waals surface area contributed by atoms with E-state index in [0.717, 1.165) is 22.6 Å². The first-order valence-corrected chi connectivity index (χ1v) is 10.2. The number of halogens is 3. The van der Waals surface area contributed by atoms with Crippen LogP contribution in [0.25, 0.3) is 5.82 Å². The van der Waals surface area contributed by atoms with Crippen LogP contribution in [0, 0.1) is 11.3 Å². The normalized spacial score (nSPS) is 15.8. The molecule has 0 aliphatic carbocycles. The Balaban J connectivity index is 1.64. The van der Waals surface area contributed by atoms with E-state index in [9.17, 15) is 18.0 Å². The number of thiocarbonyl (C=S) groups is 1. The zero-order valence-electron chi connectivity index (χ0n) is 17.5. The Morgan fingerprint density at radius 1 is 1.21 bits per heavy atom. The molecule has 0 saturated carbocycles. The van der Waals surface area contributed by atoms with Crippen LogP contribution in [-0.4, -0.2) is 36.0 Å². The number of nitrogens with zero attached hydrogens (tertiary/aromatic N) is 6. The van der Waals surface area contributed by atoms with Crippen molar-refractivity contribution in [3.63, 3.8) is 0 Å². The molecule has 0 N–H and O–H groups in total. The summed E-state index contributed by atoms with van der Waals surface area (Å²) in [5.74, 6) is 0.197. The number of hydrogen-bond donors (Lipinski definition) is 0. The third kappa shape index (κ3) is 3.93. The summed E-state index contributed by atoms with van der Waals surface area (Å²) >= 11 is 5.51. The van der Waals surface area contributed by atoms with Crippen molar-refractivity contribution in [3.05, 3.63) is 71.9 Å². The molecule has 0 bridgehead atoms.